The fraction of sp³-hybridized carbons (Fsp3) is 0.267. The summed E-state index contributed by atoms with van der Waals surface area (Å²) in [6.45, 7) is 8.01. The number of allylic oxidation sites excluding steroid dienone is 4. The van der Waals surface area contributed by atoms with Gasteiger partial charge in [0.1, 0.15) is 0 Å². The third-order valence-corrected chi connectivity index (χ3v) is 7.25. The van der Waals surface area contributed by atoms with E-state index in [0.717, 1.165) is 66.9 Å². The van der Waals surface area contributed by atoms with E-state index in [4.69, 9.17) is 9.97 Å². The van der Waals surface area contributed by atoms with Crippen molar-refractivity contribution in [3.63, 3.8) is 0 Å². The van der Waals surface area contributed by atoms with E-state index >= 15 is 0 Å². The quantitative estimate of drug-likeness (QED) is 0.257. The Labute approximate surface area is 237 Å². The van der Waals surface area contributed by atoms with Crippen molar-refractivity contribution in [1.82, 2.24) is 19.9 Å². The Balaban J connectivity index is 0.00000353. The van der Waals surface area contributed by atoms with Gasteiger partial charge in [-0.3, -0.25) is 9.59 Å². The van der Waals surface area contributed by atoms with Crippen LogP contribution in [-0.2, 0) is 9.59 Å². The molecule has 39 heavy (non-hydrogen) atoms. The van der Waals surface area contributed by atoms with Gasteiger partial charge in [-0.05, 0) is 110 Å². The Kier molecular flexibility index (Phi) is 7.98. The van der Waals surface area contributed by atoms with Crippen LogP contribution in [-0.4, -0.2) is 60.0 Å². The molecule has 9 heteroatoms. The topological polar surface area (TPSA) is 132 Å². The van der Waals surface area contributed by atoms with Gasteiger partial charge in [0.2, 0.25) is 0 Å². The number of rotatable bonds is 6. The van der Waals surface area contributed by atoms with Crippen LogP contribution in [0.15, 0.2) is 36.4 Å². The third kappa shape index (κ3) is 5.76. The summed E-state index contributed by atoms with van der Waals surface area (Å²) in [7, 11) is 0. The number of carboxylic acid groups (broad SMARTS) is 2. The maximum atomic E-state index is 11.4. The number of nitrogens with zero attached hydrogens (tertiary/aromatic N) is 2. The number of hydrogen-bond acceptors (Lipinski definition) is 4. The van der Waals surface area contributed by atoms with Crippen molar-refractivity contribution in [3.8, 4) is 0 Å². The Bertz CT molecular complexity index is 1730. The molecule has 5 rings (SSSR count). The number of aliphatic carboxylic acids is 2. The molecule has 3 radical (unpaired) electrons. The summed E-state index contributed by atoms with van der Waals surface area (Å²) in [4.78, 5) is 39.6. The second-order valence-electron chi connectivity index (χ2n) is 9.98. The number of aromatic nitrogens is 4. The number of nitrogens with one attached hydrogen (secondary N) is 2. The summed E-state index contributed by atoms with van der Waals surface area (Å²) < 4.78 is 0. The number of fused-ring (bicyclic) bond motifs is 8. The Hall–Kier alpha value is -3.90. The predicted molar refractivity (Wildman–Crippen MR) is 155 cm³/mol. The van der Waals surface area contributed by atoms with Crippen LogP contribution in [0.5, 0.6) is 0 Å². The molecule has 8 nitrogen and oxygen atoms in total. The second-order valence-corrected chi connectivity index (χ2v) is 9.98. The number of aromatic amines is 2. The van der Waals surface area contributed by atoms with Crippen molar-refractivity contribution >= 4 is 74.3 Å². The SMILES string of the molecule is CC1=C(CCC(=O)O)c2cc3nc(cc4[nH]c(cc4C)cc4[nH]c(cc1n2)cc4C)C(C)=C3CCC(=O)O.[As]. The van der Waals surface area contributed by atoms with Crippen LogP contribution in [0.1, 0.15) is 73.4 Å². The Morgan fingerprint density at radius 2 is 1.08 bits per heavy atom. The fourth-order valence-electron chi connectivity index (χ4n) is 5.10. The maximum absolute atomic E-state index is 11.4. The molecule has 0 aromatic carbocycles. The fourth-order valence-corrected chi connectivity index (χ4v) is 5.10. The van der Waals surface area contributed by atoms with E-state index in [1.807, 2.05) is 39.0 Å². The average molecular weight is 586 g/mol. The minimum atomic E-state index is -0.873. The molecule has 199 valence electrons. The van der Waals surface area contributed by atoms with E-state index in [9.17, 15) is 19.8 Å². The van der Waals surface area contributed by atoms with Gasteiger partial charge in [-0.15, -0.1) is 0 Å². The monoisotopic (exact) mass is 585 g/mol. The van der Waals surface area contributed by atoms with Crippen LogP contribution in [0.25, 0.3) is 44.4 Å². The first-order chi connectivity index (χ1) is 18.1. The van der Waals surface area contributed by atoms with E-state index in [1.165, 1.54) is 0 Å². The zero-order valence-electron chi connectivity index (χ0n) is 22.3. The molecule has 8 bridgehead atoms. The van der Waals surface area contributed by atoms with Crippen molar-refractivity contribution < 1.29 is 19.8 Å². The van der Waals surface area contributed by atoms with Crippen molar-refractivity contribution in [2.75, 3.05) is 0 Å². The summed E-state index contributed by atoms with van der Waals surface area (Å²) in [6.07, 6.45) is 0.647. The summed E-state index contributed by atoms with van der Waals surface area (Å²) in [5, 5.41) is 18.7. The van der Waals surface area contributed by atoms with E-state index in [1.54, 1.807) is 0 Å². The smallest absolute Gasteiger partial charge is 0.303 e. The second kappa shape index (κ2) is 11.1. The number of carbonyl (C=O) groups is 2. The summed E-state index contributed by atoms with van der Waals surface area (Å²) in [6, 6.07) is 12.1. The minimum absolute atomic E-state index is 0. The van der Waals surface area contributed by atoms with Gasteiger partial charge in [0, 0.05) is 52.9 Å². The third-order valence-electron chi connectivity index (χ3n) is 7.25. The molecular formula is C30H30AsN4O4. The number of hydrogen-bond donors (Lipinski definition) is 4. The minimum Gasteiger partial charge on any atom is -0.481 e. The van der Waals surface area contributed by atoms with Gasteiger partial charge in [0.15, 0.2) is 0 Å². The first-order valence-corrected chi connectivity index (χ1v) is 12.6. The molecule has 0 atom stereocenters. The van der Waals surface area contributed by atoms with Crippen LogP contribution >= 0.6 is 0 Å². The molecule has 5 heterocycles. The van der Waals surface area contributed by atoms with Crippen LogP contribution in [0.4, 0.5) is 0 Å². The number of carboxylic acids is 2. The van der Waals surface area contributed by atoms with Crippen molar-refractivity contribution in [2.24, 2.45) is 0 Å². The van der Waals surface area contributed by atoms with Gasteiger partial charge < -0.3 is 20.2 Å². The first kappa shape index (κ1) is 28.1. The molecule has 2 aliphatic rings. The molecule has 3 aromatic rings. The van der Waals surface area contributed by atoms with E-state index in [0.29, 0.717) is 24.2 Å². The molecule has 0 amide bonds. The molecule has 0 fully saturated rings. The van der Waals surface area contributed by atoms with Crippen LogP contribution < -0.4 is 0 Å². The summed E-state index contributed by atoms with van der Waals surface area (Å²) in [5.41, 5.74) is 12.4. The molecule has 2 aliphatic heterocycles. The van der Waals surface area contributed by atoms with Gasteiger partial charge in [-0.2, -0.15) is 0 Å². The van der Waals surface area contributed by atoms with E-state index < -0.39 is 11.9 Å². The van der Waals surface area contributed by atoms with Gasteiger partial charge in [-0.25, -0.2) is 9.97 Å². The molecule has 0 saturated heterocycles. The molecular weight excluding hydrogens is 555 g/mol. The largest absolute Gasteiger partial charge is 0.481 e. The van der Waals surface area contributed by atoms with Crippen molar-refractivity contribution in [2.45, 2.75) is 53.4 Å². The molecule has 0 aliphatic carbocycles. The molecule has 4 N–H and O–H groups in total. The first-order valence-electron chi connectivity index (χ1n) is 12.6. The van der Waals surface area contributed by atoms with Crippen LogP contribution in [0.3, 0.4) is 0 Å². The van der Waals surface area contributed by atoms with Crippen LogP contribution in [0.2, 0.25) is 0 Å². The zero-order chi connectivity index (χ0) is 27.1. The molecule has 0 saturated carbocycles. The standard InChI is InChI=1S/C30H30N4O4.As/c1-15-9-20-12-25-17(3)21(5-7-29(35)36)27(33-25)14-28-22(6-8-30(37)38)18(4)26(34-28)13-24-16(2)10-19(32-24)11-23(15)31-20;/h9-14,31-32H,5-8H2,1-4H3,(H,35,36)(H,37,38);. The Morgan fingerprint density at radius 3 is 1.56 bits per heavy atom. The van der Waals surface area contributed by atoms with Crippen molar-refractivity contribution in [1.29, 1.82) is 0 Å². The van der Waals surface area contributed by atoms with Crippen LogP contribution in [0, 0.1) is 13.8 Å². The molecule has 0 spiro atoms. The van der Waals surface area contributed by atoms with E-state index in [2.05, 4.69) is 35.1 Å². The number of aryl methyl sites for hydroxylation is 2. The van der Waals surface area contributed by atoms with Crippen molar-refractivity contribution in [3.05, 3.63) is 70.3 Å². The molecule has 0 unspecified atom stereocenters. The summed E-state index contributed by atoms with van der Waals surface area (Å²) >= 11 is 0. The Morgan fingerprint density at radius 1 is 0.641 bits per heavy atom. The maximum Gasteiger partial charge on any atom is 0.303 e. The van der Waals surface area contributed by atoms with Gasteiger partial charge in [-0.1, -0.05) is 0 Å². The van der Waals surface area contributed by atoms with E-state index in [-0.39, 0.29) is 30.8 Å². The van der Waals surface area contributed by atoms with Gasteiger partial charge in [0.05, 0.1) is 22.8 Å². The van der Waals surface area contributed by atoms with Gasteiger partial charge in [0.25, 0.3) is 0 Å². The summed E-state index contributed by atoms with van der Waals surface area (Å²) in [5.74, 6) is -1.75. The average Bonchev–Trinajstić information content (AvgIpc) is 3.53. The molecule has 3 aromatic heterocycles. The number of H-pyrrole nitrogens is 2. The normalized spacial score (nSPS) is 13.0. The zero-order valence-corrected chi connectivity index (χ0v) is 24.2. The predicted octanol–water partition coefficient (Wildman–Crippen LogP) is 6.14. The van der Waals surface area contributed by atoms with Gasteiger partial charge >= 0.3 is 11.9 Å².